The molecule has 0 N–H and O–H groups in total. The lowest BCUT2D eigenvalue weighted by Gasteiger charge is -2.27. The van der Waals surface area contributed by atoms with Gasteiger partial charge in [-0.1, -0.05) is 18.2 Å². The second-order valence-corrected chi connectivity index (χ2v) is 5.30. The van der Waals surface area contributed by atoms with Gasteiger partial charge in [0.05, 0.1) is 0 Å². The van der Waals surface area contributed by atoms with Gasteiger partial charge in [-0.25, -0.2) is 0 Å². The summed E-state index contributed by atoms with van der Waals surface area (Å²) in [6.07, 6.45) is -4.16. The van der Waals surface area contributed by atoms with Gasteiger partial charge in [-0.3, -0.25) is 4.79 Å². The Morgan fingerprint density at radius 2 is 2.05 bits per heavy atom. The number of halogens is 3. The Bertz CT molecular complexity index is 690. The van der Waals surface area contributed by atoms with Gasteiger partial charge in [-0.2, -0.15) is 13.2 Å². The van der Waals surface area contributed by atoms with Gasteiger partial charge < -0.3 is 9.32 Å². The van der Waals surface area contributed by atoms with Crippen molar-refractivity contribution in [2.45, 2.75) is 32.0 Å². The third kappa shape index (κ3) is 2.39. The summed E-state index contributed by atoms with van der Waals surface area (Å²) in [7, 11) is 0. The van der Waals surface area contributed by atoms with E-state index in [2.05, 4.69) is 0 Å². The minimum Gasteiger partial charge on any atom is -0.461 e. The van der Waals surface area contributed by atoms with Gasteiger partial charge in [-0.15, -0.1) is 0 Å². The van der Waals surface area contributed by atoms with Crippen molar-refractivity contribution < 1.29 is 22.4 Å². The molecule has 2 heterocycles. The molecule has 1 aromatic carbocycles. The van der Waals surface area contributed by atoms with Crippen LogP contribution in [0, 0.1) is 0 Å². The van der Waals surface area contributed by atoms with Crippen LogP contribution in [0.4, 0.5) is 13.2 Å². The zero-order valence-corrected chi connectivity index (χ0v) is 11.4. The second-order valence-electron chi connectivity index (χ2n) is 5.30. The predicted octanol–water partition coefficient (Wildman–Crippen LogP) is 3.31. The Labute approximate surface area is 119 Å². The molecule has 0 spiro atoms. The summed E-state index contributed by atoms with van der Waals surface area (Å²) in [5.41, 5.74) is 1.65. The van der Waals surface area contributed by atoms with Gasteiger partial charge in [0, 0.05) is 30.0 Å². The highest BCUT2D eigenvalue weighted by atomic mass is 19.4. The maximum absolute atomic E-state index is 12.6. The third-order valence-electron chi connectivity index (χ3n) is 3.90. The molecule has 0 saturated carbocycles. The third-order valence-corrected chi connectivity index (χ3v) is 3.90. The van der Waals surface area contributed by atoms with Crippen LogP contribution < -0.4 is 0 Å². The van der Waals surface area contributed by atoms with E-state index in [1.807, 2.05) is 24.3 Å². The predicted molar refractivity (Wildman–Crippen MR) is 70.9 cm³/mol. The van der Waals surface area contributed by atoms with Crippen LogP contribution in [0.1, 0.15) is 18.2 Å². The van der Waals surface area contributed by atoms with Crippen LogP contribution in [0.25, 0.3) is 11.0 Å². The Morgan fingerprint density at radius 1 is 1.33 bits per heavy atom. The van der Waals surface area contributed by atoms with E-state index in [0.29, 0.717) is 18.6 Å². The summed E-state index contributed by atoms with van der Waals surface area (Å²) in [5, 5.41) is 0.917. The lowest BCUT2D eigenvalue weighted by atomic mass is 10.0. The standard InChI is InChI=1S/C15H14F3NO2/c1-9-8-11-10-4-2-3-5-12(10)21-13(11)6-7-19(9)14(20)15(16,17)18/h2-5,9H,6-8H2,1H3. The van der Waals surface area contributed by atoms with E-state index in [-0.39, 0.29) is 6.54 Å². The topological polar surface area (TPSA) is 33.5 Å². The Kier molecular flexibility index (Phi) is 3.19. The van der Waals surface area contributed by atoms with Crippen molar-refractivity contribution in [3.63, 3.8) is 0 Å². The molecule has 0 bridgehead atoms. The van der Waals surface area contributed by atoms with Gasteiger partial charge in [0.1, 0.15) is 11.3 Å². The van der Waals surface area contributed by atoms with Crippen LogP contribution in [0.3, 0.4) is 0 Å². The number of amides is 1. The molecule has 1 aliphatic heterocycles. The molecule has 21 heavy (non-hydrogen) atoms. The molecule has 6 heteroatoms. The first kappa shape index (κ1) is 14.0. The SMILES string of the molecule is CC1Cc2c(oc3ccccc23)CCN1C(=O)C(F)(F)F. The van der Waals surface area contributed by atoms with Crippen molar-refractivity contribution in [2.24, 2.45) is 0 Å². The summed E-state index contributed by atoms with van der Waals surface area (Å²) < 4.78 is 43.6. The lowest BCUT2D eigenvalue weighted by molar-refractivity contribution is -0.187. The van der Waals surface area contributed by atoms with E-state index in [1.54, 1.807) is 6.92 Å². The zero-order chi connectivity index (χ0) is 15.2. The monoisotopic (exact) mass is 297 g/mol. The van der Waals surface area contributed by atoms with Crippen molar-refractivity contribution in [1.29, 1.82) is 0 Å². The van der Waals surface area contributed by atoms with E-state index in [0.717, 1.165) is 21.4 Å². The van der Waals surface area contributed by atoms with Crippen LogP contribution in [0.5, 0.6) is 0 Å². The van der Waals surface area contributed by atoms with Gasteiger partial charge >= 0.3 is 12.1 Å². The fourth-order valence-corrected chi connectivity index (χ4v) is 2.89. The van der Waals surface area contributed by atoms with Crippen molar-refractivity contribution in [3.8, 4) is 0 Å². The molecule has 1 unspecified atom stereocenters. The Balaban J connectivity index is 1.95. The van der Waals surface area contributed by atoms with Crippen LogP contribution in [-0.2, 0) is 17.6 Å². The number of hydrogen-bond donors (Lipinski definition) is 0. The first-order valence-electron chi connectivity index (χ1n) is 6.75. The molecular formula is C15H14F3NO2. The molecule has 1 aliphatic rings. The van der Waals surface area contributed by atoms with Gasteiger partial charge in [0.15, 0.2) is 0 Å². The Hall–Kier alpha value is -1.98. The van der Waals surface area contributed by atoms with Crippen molar-refractivity contribution >= 4 is 16.9 Å². The number of benzene rings is 1. The molecular weight excluding hydrogens is 283 g/mol. The minimum atomic E-state index is -4.83. The highest BCUT2D eigenvalue weighted by Gasteiger charge is 2.44. The average Bonchev–Trinajstić information content (AvgIpc) is 2.67. The molecule has 0 radical (unpaired) electrons. The summed E-state index contributed by atoms with van der Waals surface area (Å²) >= 11 is 0. The molecule has 3 rings (SSSR count). The fraction of sp³-hybridized carbons (Fsp3) is 0.400. The molecule has 3 nitrogen and oxygen atoms in total. The Morgan fingerprint density at radius 3 is 2.76 bits per heavy atom. The first-order valence-corrected chi connectivity index (χ1v) is 6.75. The summed E-state index contributed by atoms with van der Waals surface area (Å²) in [4.78, 5) is 12.4. The summed E-state index contributed by atoms with van der Waals surface area (Å²) in [5.74, 6) is -1.09. The van der Waals surface area contributed by atoms with Crippen LogP contribution >= 0.6 is 0 Å². The molecule has 0 saturated heterocycles. The quantitative estimate of drug-likeness (QED) is 0.747. The molecule has 0 fully saturated rings. The largest absolute Gasteiger partial charge is 0.471 e. The molecule has 0 aliphatic carbocycles. The maximum atomic E-state index is 12.6. The number of alkyl halides is 3. The maximum Gasteiger partial charge on any atom is 0.471 e. The van der Waals surface area contributed by atoms with Crippen molar-refractivity contribution in [1.82, 2.24) is 4.90 Å². The van der Waals surface area contributed by atoms with Gasteiger partial charge in [0.25, 0.3) is 0 Å². The fourth-order valence-electron chi connectivity index (χ4n) is 2.89. The lowest BCUT2D eigenvalue weighted by Crippen LogP contribution is -2.46. The van der Waals surface area contributed by atoms with Crippen LogP contribution in [0.15, 0.2) is 28.7 Å². The number of nitrogens with zero attached hydrogens (tertiary/aromatic N) is 1. The zero-order valence-electron chi connectivity index (χ0n) is 11.4. The van der Waals surface area contributed by atoms with Crippen molar-refractivity contribution in [2.75, 3.05) is 6.54 Å². The highest BCUT2D eigenvalue weighted by molar-refractivity contribution is 5.84. The summed E-state index contributed by atoms with van der Waals surface area (Å²) in [6.45, 7) is 1.66. The normalized spacial score (nSPS) is 19.4. The van der Waals surface area contributed by atoms with Crippen LogP contribution in [0.2, 0.25) is 0 Å². The molecule has 2 aromatic rings. The number of hydrogen-bond acceptors (Lipinski definition) is 2. The number of fused-ring (bicyclic) bond motifs is 3. The number of furan rings is 1. The number of carbonyl (C=O) groups excluding carboxylic acids is 1. The van der Waals surface area contributed by atoms with E-state index >= 15 is 0 Å². The van der Waals surface area contributed by atoms with Crippen molar-refractivity contribution in [3.05, 3.63) is 35.6 Å². The highest BCUT2D eigenvalue weighted by Crippen LogP contribution is 2.31. The first-order chi connectivity index (χ1) is 9.88. The smallest absolute Gasteiger partial charge is 0.461 e. The molecule has 1 aromatic heterocycles. The van der Waals surface area contributed by atoms with Crippen LogP contribution in [-0.4, -0.2) is 29.6 Å². The second kappa shape index (κ2) is 4.79. The van der Waals surface area contributed by atoms with E-state index in [9.17, 15) is 18.0 Å². The molecule has 1 amide bonds. The van der Waals surface area contributed by atoms with E-state index in [1.165, 1.54) is 0 Å². The number of carbonyl (C=O) groups is 1. The van der Waals surface area contributed by atoms with E-state index in [4.69, 9.17) is 4.42 Å². The van der Waals surface area contributed by atoms with Gasteiger partial charge in [-0.05, 0) is 19.4 Å². The molecule has 112 valence electrons. The summed E-state index contributed by atoms with van der Waals surface area (Å²) in [6, 6.07) is 6.94. The number of para-hydroxylation sites is 1. The number of rotatable bonds is 0. The van der Waals surface area contributed by atoms with Gasteiger partial charge in [0.2, 0.25) is 0 Å². The van der Waals surface area contributed by atoms with E-state index < -0.39 is 18.1 Å². The molecule has 1 atom stereocenters. The minimum absolute atomic E-state index is 0.0202. The average molecular weight is 297 g/mol.